The van der Waals surface area contributed by atoms with Crippen molar-refractivity contribution in [3.8, 4) is 0 Å². The van der Waals surface area contributed by atoms with Crippen molar-refractivity contribution in [2.24, 2.45) is 0 Å². The van der Waals surface area contributed by atoms with Crippen LogP contribution in [0.1, 0.15) is 0 Å². The first-order valence-electron chi connectivity index (χ1n) is 1.19. The molecule has 5 heteroatoms. The van der Waals surface area contributed by atoms with E-state index in [9.17, 15) is 0 Å². The Kier molecular flexibility index (Phi) is 3.98. The molecule has 0 radical (unpaired) electrons. The van der Waals surface area contributed by atoms with Gasteiger partial charge in [0.25, 0.3) is 0 Å². The van der Waals surface area contributed by atoms with E-state index >= 15 is 0 Å². The first-order valence-corrected chi connectivity index (χ1v) is 12.1. The molecule has 0 nitrogen and oxygen atoms in total. The molecule has 0 aliphatic rings. The van der Waals surface area contributed by atoms with Gasteiger partial charge in [-0.05, 0) is 0 Å². The molecule has 0 fully saturated rings. The van der Waals surface area contributed by atoms with Gasteiger partial charge < -0.3 is 0 Å². The fraction of sp³-hybridized carbons (Fsp3) is 1.00. The van der Waals surface area contributed by atoms with E-state index in [2.05, 4.69) is 15.9 Å². The zero-order valence-electron chi connectivity index (χ0n) is 2.72. The Balaban J connectivity index is 3.17. The van der Waals surface area contributed by atoms with Gasteiger partial charge in [0, 0.05) is 0 Å². The van der Waals surface area contributed by atoms with Gasteiger partial charge in [0.1, 0.15) is 0 Å². The molecule has 0 unspecified atom stereocenters. The number of rotatable bonds is 1. The van der Waals surface area contributed by atoms with E-state index in [0.717, 1.165) is 0 Å². The van der Waals surface area contributed by atoms with Gasteiger partial charge in [0.05, 0.1) is 0 Å². The molecule has 0 aromatic carbocycles. The molecule has 0 saturated carbocycles. The standard InChI is InChI=1S/CH2BrCl3Ge/c2-1-6(3,4)5/h1H2. The molecule has 38 valence electrons. The van der Waals surface area contributed by atoms with Crippen molar-refractivity contribution in [3.05, 3.63) is 0 Å². The second-order valence-electron chi connectivity index (χ2n) is 0.749. The van der Waals surface area contributed by atoms with E-state index in [-0.39, 0.29) is 0 Å². The summed E-state index contributed by atoms with van der Waals surface area (Å²) in [5.41, 5.74) is 0. The molecule has 0 atom stereocenters. The minimum absolute atomic E-state index is 0.567. The van der Waals surface area contributed by atoms with E-state index in [0.29, 0.717) is 4.16 Å². The summed E-state index contributed by atoms with van der Waals surface area (Å²) in [6, 6.07) is 0. The molecule has 0 aromatic heterocycles. The normalized spacial score (nSPS) is 12.0. The van der Waals surface area contributed by atoms with Crippen molar-refractivity contribution < 1.29 is 0 Å². The summed E-state index contributed by atoms with van der Waals surface area (Å²) in [5, 5.41) is 0. The van der Waals surface area contributed by atoms with Gasteiger partial charge >= 0.3 is 60.6 Å². The van der Waals surface area contributed by atoms with Gasteiger partial charge in [0.15, 0.2) is 0 Å². The summed E-state index contributed by atoms with van der Waals surface area (Å²) < 4.78 is 0.567. The maximum absolute atomic E-state index is 5.39. The molecule has 0 rings (SSSR count). The third-order valence-electron chi connectivity index (χ3n) is 0.152. The van der Waals surface area contributed by atoms with Crippen molar-refractivity contribution in [1.82, 2.24) is 0 Å². The quantitative estimate of drug-likeness (QED) is 0.508. The molecule has 0 heterocycles. The fourth-order valence-electron chi connectivity index (χ4n) is 0. The second-order valence-corrected chi connectivity index (χ2v) is 19.9. The summed E-state index contributed by atoms with van der Waals surface area (Å²) >= 11 is 3.06. The van der Waals surface area contributed by atoms with E-state index < -0.39 is 10.5 Å². The van der Waals surface area contributed by atoms with Crippen LogP contribution in [0.2, 0.25) is 0 Å². The number of hydrogen-bond acceptors (Lipinski definition) is 0. The molecule has 0 aliphatic heterocycles. The first kappa shape index (κ1) is 7.89. The zero-order chi connectivity index (χ0) is 5.21. The Morgan fingerprint density at radius 1 is 1.33 bits per heavy atom. The Labute approximate surface area is 60.2 Å². The van der Waals surface area contributed by atoms with E-state index in [1.807, 2.05) is 0 Å². The Morgan fingerprint density at radius 3 is 1.50 bits per heavy atom. The molecule has 0 amide bonds. The van der Waals surface area contributed by atoms with E-state index in [1.165, 1.54) is 0 Å². The van der Waals surface area contributed by atoms with Gasteiger partial charge in [-0.2, -0.15) is 0 Å². The van der Waals surface area contributed by atoms with Crippen molar-refractivity contribution in [2.75, 3.05) is 4.16 Å². The number of halogens is 4. The van der Waals surface area contributed by atoms with Crippen LogP contribution in [-0.4, -0.2) is 14.6 Å². The zero-order valence-corrected chi connectivity index (χ0v) is 8.67. The van der Waals surface area contributed by atoms with Gasteiger partial charge in [-0.25, -0.2) is 0 Å². The summed E-state index contributed by atoms with van der Waals surface area (Å²) in [7, 11) is 13.5. The molecular weight excluding hydrogens is 271 g/mol. The average molecular weight is 273 g/mol. The second kappa shape index (κ2) is 3.03. The summed E-state index contributed by atoms with van der Waals surface area (Å²) in [6.07, 6.45) is 0. The number of alkyl halides is 1. The van der Waals surface area contributed by atoms with Crippen LogP contribution < -0.4 is 0 Å². The third kappa shape index (κ3) is 5.89. The maximum atomic E-state index is 5.39. The Hall–Kier alpha value is 1.89. The van der Waals surface area contributed by atoms with Crippen LogP contribution in [-0.2, 0) is 0 Å². The van der Waals surface area contributed by atoms with Crippen LogP contribution in [0.15, 0.2) is 0 Å². The predicted molar refractivity (Wildman–Crippen MR) is 37.1 cm³/mol. The van der Waals surface area contributed by atoms with Gasteiger partial charge in [-0.1, -0.05) is 0 Å². The first-order chi connectivity index (χ1) is 2.56. The van der Waals surface area contributed by atoms with E-state index in [4.69, 9.17) is 30.0 Å². The molecule has 0 bridgehead atoms. The van der Waals surface area contributed by atoms with Crippen LogP contribution >= 0.6 is 46.0 Å². The fourth-order valence-corrected chi connectivity index (χ4v) is 0. The van der Waals surface area contributed by atoms with Crippen LogP contribution in [0.3, 0.4) is 0 Å². The van der Waals surface area contributed by atoms with Crippen molar-refractivity contribution in [2.45, 2.75) is 0 Å². The third-order valence-corrected chi connectivity index (χ3v) is 12.3. The Bertz CT molecular complexity index is 40.5. The summed E-state index contributed by atoms with van der Waals surface area (Å²) in [4.78, 5) is 0. The van der Waals surface area contributed by atoms with Gasteiger partial charge in [0.2, 0.25) is 0 Å². The molecule has 0 N–H and O–H groups in total. The van der Waals surface area contributed by atoms with Gasteiger partial charge in [-0.15, -0.1) is 0 Å². The van der Waals surface area contributed by atoms with Crippen molar-refractivity contribution in [3.63, 3.8) is 0 Å². The van der Waals surface area contributed by atoms with E-state index in [1.54, 1.807) is 0 Å². The SMILES string of the molecule is [Cl][Ge]([Cl])([Cl])[CH2]Br. The molecular formula is CH2BrCl3Ge. The van der Waals surface area contributed by atoms with Crippen LogP contribution in [0.25, 0.3) is 0 Å². The summed E-state index contributed by atoms with van der Waals surface area (Å²) in [5.74, 6) is 0. The molecule has 0 aliphatic carbocycles. The van der Waals surface area contributed by atoms with Crippen LogP contribution in [0, 0.1) is 0 Å². The van der Waals surface area contributed by atoms with Crippen LogP contribution in [0.5, 0.6) is 0 Å². The summed E-state index contributed by atoms with van der Waals surface area (Å²) in [6.45, 7) is 0. The van der Waals surface area contributed by atoms with Crippen molar-refractivity contribution in [1.29, 1.82) is 0 Å². The van der Waals surface area contributed by atoms with Crippen molar-refractivity contribution >= 4 is 56.4 Å². The average Bonchev–Trinajstić information content (AvgIpc) is 1.35. The molecule has 0 saturated heterocycles. The number of hydrogen-bond donors (Lipinski definition) is 0. The monoisotopic (exact) mass is 272 g/mol. The van der Waals surface area contributed by atoms with Gasteiger partial charge in [-0.3, -0.25) is 0 Å². The topological polar surface area (TPSA) is 0 Å². The molecule has 0 aromatic rings. The molecule has 6 heavy (non-hydrogen) atoms. The minimum atomic E-state index is -2.71. The Morgan fingerprint density at radius 2 is 1.50 bits per heavy atom. The molecule has 0 spiro atoms. The van der Waals surface area contributed by atoms with Crippen LogP contribution in [0.4, 0.5) is 0 Å². The predicted octanol–water partition coefficient (Wildman–Crippen LogP) is 2.58.